The van der Waals surface area contributed by atoms with Gasteiger partial charge in [-0.15, -0.1) is 0 Å². The van der Waals surface area contributed by atoms with Crippen molar-refractivity contribution in [1.82, 2.24) is 10.6 Å². The van der Waals surface area contributed by atoms with Crippen molar-refractivity contribution in [2.45, 2.75) is 71.8 Å². The highest BCUT2D eigenvalue weighted by Gasteiger charge is 2.39. The van der Waals surface area contributed by atoms with Crippen LogP contribution in [0.2, 0.25) is 0 Å². The van der Waals surface area contributed by atoms with Crippen molar-refractivity contribution in [3.05, 3.63) is 0 Å². The lowest BCUT2D eigenvalue weighted by Crippen LogP contribution is -2.45. The van der Waals surface area contributed by atoms with Crippen LogP contribution >= 0.6 is 0 Å². The first kappa shape index (κ1) is 15.5. The molecule has 0 aliphatic carbocycles. The molecule has 0 spiro atoms. The molecule has 1 rings (SSSR count). The van der Waals surface area contributed by atoms with Crippen molar-refractivity contribution in [2.24, 2.45) is 5.41 Å². The summed E-state index contributed by atoms with van der Waals surface area (Å²) >= 11 is 0. The van der Waals surface area contributed by atoms with Crippen molar-refractivity contribution in [2.75, 3.05) is 13.1 Å². The fraction of sp³-hybridized carbons (Fsp3) is 0.933. The minimum atomic E-state index is -0.141. The minimum absolute atomic E-state index is 0.141. The Morgan fingerprint density at radius 2 is 2.11 bits per heavy atom. The average molecular weight is 254 g/mol. The predicted octanol–water partition coefficient (Wildman–Crippen LogP) is 2.85. The third-order valence-electron chi connectivity index (χ3n) is 4.27. The fourth-order valence-electron chi connectivity index (χ4n) is 2.73. The summed E-state index contributed by atoms with van der Waals surface area (Å²) in [5, 5.41) is 6.53. The van der Waals surface area contributed by atoms with E-state index in [4.69, 9.17) is 0 Å². The van der Waals surface area contributed by atoms with Gasteiger partial charge in [-0.05, 0) is 32.7 Å². The highest BCUT2D eigenvalue weighted by Crippen LogP contribution is 2.29. The molecule has 2 unspecified atom stereocenters. The van der Waals surface area contributed by atoms with E-state index >= 15 is 0 Å². The Morgan fingerprint density at radius 3 is 2.67 bits per heavy atom. The summed E-state index contributed by atoms with van der Waals surface area (Å²) in [6.07, 6.45) is 8.13. The van der Waals surface area contributed by atoms with Crippen molar-refractivity contribution in [3.8, 4) is 0 Å². The van der Waals surface area contributed by atoms with Gasteiger partial charge in [-0.25, -0.2) is 0 Å². The SMILES string of the molecule is CCCCCCC(C)NC(=O)C1(CC)CCNC1. The summed E-state index contributed by atoms with van der Waals surface area (Å²) in [6, 6.07) is 0.318. The molecule has 1 fully saturated rings. The van der Waals surface area contributed by atoms with Crippen molar-refractivity contribution >= 4 is 5.91 Å². The first-order chi connectivity index (χ1) is 8.64. The van der Waals surface area contributed by atoms with Gasteiger partial charge in [0.15, 0.2) is 0 Å². The van der Waals surface area contributed by atoms with Crippen molar-refractivity contribution < 1.29 is 4.79 Å². The maximum atomic E-state index is 12.3. The van der Waals surface area contributed by atoms with Crippen LogP contribution in [0.1, 0.15) is 65.7 Å². The molecule has 1 amide bonds. The lowest BCUT2D eigenvalue weighted by molar-refractivity contribution is -0.131. The first-order valence-corrected chi connectivity index (χ1v) is 7.66. The monoisotopic (exact) mass is 254 g/mol. The highest BCUT2D eigenvalue weighted by molar-refractivity contribution is 5.83. The molecule has 0 saturated carbocycles. The van der Waals surface area contributed by atoms with Gasteiger partial charge < -0.3 is 10.6 Å². The zero-order valence-corrected chi connectivity index (χ0v) is 12.3. The standard InChI is InChI=1S/C15H30N2O/c1-4-6-7-8-9-13(3)17-14(18)15(5-2)10-11-16-12-15/h13,16H,4-12H2,1-3H3,(H,17,18). The molecule has 106 valence electrons. The van der Waals surface area contributed by atoms with Crippen LogP contribution in [0.3, 0.4) is 0 Å². The maximum Gasteiger partial charge on any atom is 0.227 e. The topological polar surface area (TPSA) is 41.1 Å². The second kappa shape index (κ2) is 7.78. The molecular formula is C15H30N2O. The van der Waals surface area contributed by atoms with E-state index in [0.717, 1.165) is 32.4 Å². The Labute approximate surface area is 112 Å². The third kappa shape index (κ3) is 4.27. The van der Waals surface area contributed by atoms with E-state index in [2.05, 4.69) is 31.4 Å². The summed E-state index contributed by atoms with van der Waals surface area (Å²) in [5.41, 5.74) is -0.141. The first-order valence-electron chi connectivity index (χ1n) is 7.66. The van der Waals surface area contributed by atoms with E-state index < -0.39 is 0 Å². The van der Waals surface area contributed by atoms with Crippen LogP contribution in [0.25, 0.3) is 0 Å². The van der Waals surface area contributed by atoms with E-state index in [9.17, 15) is 4.79 Å². The molecule has 1 heterocycles. The molecule has 18 heavy (non-hydrogen) atoms. The van der Waals surface area contributed by atoms with Crippen molar-refractivity contribution in [3.63, 3.8) is 0 Å². The van der Waals surface area contributed by atoms with Crippen LogP contribution in [0.5, 0.6) is 0 Å². The molecule has 2 atom stereocenters. The predicted molar refractivity (Wildman–Crippen MR) is 76.6 cm³/mol. The smallest absolute Gasteiger partial charge is 0.227 e. The molecule has 3 heteroatoms. The summed E-state index contributed by atoms with van der Waals surface area (Å²) in [4.78, 5) is 12.3. The Hall–Kier alpha value is -0.570. The van der Waals surface area contributed by atoms with E-state index in [0.29, 0.717) is 6.04 Å². The van der Waals surface area contributed by atoms with Gasteiger partial charge in [0.2, 0.25) is 5.91 Å². The van der Waals surface area contributed by atoms with Crippen LogP contribution in [0, 0.1) is 5.41 Å². The second-order valence-electron chi connectivity index (χ2n) is 5.78. The molecule has 0 aromatic carbocycles. The van der Waals surface area contributed by atoms with Crippen LogP contribution in [-0.4, -0.2) is 25.0 Å². The minimum Gasteiger partial charge on any atom is -0.353 e. The van der Waals surface area contributed by atoms with Gasteiger partial charge in [-0.2, -0.15) is 0 Å². The Bertz CT molecular complexity index is 247. The summed E-state index contributed by atoms with van der Waals surface area (Å²) in [5.74, 6) is 0.262. The largest absolute Gasteiger partial charge is 0.353 e. The Balaban J connectivity index is 2.29. The van der Waals surface area contributed by atoms with Crippen molar-refractivity contribution in [1.29, 1.82) is 0 Å². The van der Waals surface area contributed by atoms with Crippen LogP contribution in [-0.2, 0) is 4.79 Å². The number of nitrogens with one attached hydrogen (secondary N) is 2. The average Bonchev–Trinajstić information content (AvgIpc) is 2.84. The molecule has 0 bridgehead atoms. The molecule has 3 nitrogen and oxygen atoms in total. The van der Waals surface area contributed by atoms with Gasteiger partial charge >= 0.3 is 0 Å². The van der Waals surface area contributed by atoms with Crippen LogP contribution in [0.4, 0.5) is 0 Å². The lowest BCUT2D eigenvalue weighted by Gasteiger charge is -2.27. The number of carbonyl (C=O) groups is 1. The molecule has 1 aliphatic rings. The van der Waals surface area contributed by atoms with E-state index in [-0.39, 0.29) is 11.3 Å². The number of carbonyl (C=O) groups excluding carboxylic acids is 1. The third-order valence-corrected chi connectivity index (χ3v) is 4.27. The number of hydrogen-bond donors (Lipinski definition) is 2. The zero-order valence-electron chi connectivity index (χ0n) is 12.3. The second-order valence-corrected chi connectivity index (χ2v) is 5.78. The van der Waals surface area contributed by atoms with Gasteiger partial charge in [-0.3, -0.25) is 4.79 Å². The molecule has 0 radical (unpaired) electrons. The molecule has 1 aliphatic heterocycles. The lowest BCUT2D eigenvalue weighted by atomic mass is 9.83. The van der Waals surface area contributed by atoms with Gasteiger partial charge in [0.25, 0.3) is 0 Å². The summed E-state index contributed by atoms with van der Waals surface area (Å²) < 4.78 is 0. The number of unbranched alkanes of at least 4 members (excludes halogenated alkanes) is 3. The van der Waals surface area contributed by atoms with E-state index in [1.165, 1.54) is 25.7 Å². The van der Waals surface area contributed by atoms with E-state index in [1.807, 2.05) is 0 Å². The zero-order chi connectivity index (χ0) is 13.4. The van der Waals surface area contributed by atoms with Crippen LogP contribution in [0.15, 0.2) is 0 Å². The van der Waals surface area contributed by atoms with E-state index in [1.54, 1.807) is 0 Å². The number of amides is 1. The molecule has 2 N–H and O–H groups in total. The Kier molecular flexibility index (Phi) is 6.69. The number of hydrogen-bond acceptors (Lipinski definition) is 2. The van der Waals surface area contributed by atoms with Crippen LogP contribution < -0.4 is 10.6 Å². The number of rotatable bonds is 8. The molecular weight excluding hydrogens is 224 g/mol. The van der Waals surface area contributed by atoms with Gasteiger partial charge in [0.1, 0.15) is 0 Å². The Morgan fingerprint density at radius 1 is 1.33 bits per heavy atom. The normalized spacial score (nSPS) is 25.1. The molecule has 1 saturated heterocycles. The quantitative estimate of drug-likeness (QED) is 0.654. The maximum absolute atomic E-state index is 12.3. The summed E-state index contributed by atoms with van der Waals surface area (Å²) in [6.45, 7) is 8.31. The van der Waals surface area contributed by atoms with Gasteiger partial charge in [0, 0.05) is 12.6 Å². The fourth-order valence-corrected chi connectivity index (χ4v) is 2.73. The summed E-state index contributed by atoms with van der Waals surface area (Å²) in [7, 11) is 0. The van der Waals surface area contributed by atoms with Gasteiger partial charge in [-0.1, -0.05) is 39.5 Å². The van der Waals surface area contributed by atoms with Gasteiger partial charge in [0.05, 0.1) is 5.41 Å². The molecule has 0 aromatic heterocycles. The molecule has 0 aromatic rings. The highest BCUT2D eigenvalue weighted by atomic mass is 16.2.